The second kappa shape index (κ2) is 6.70. The first-order valence-electron chi connectivity index (χ1n) is 7.28. The van der Waals surface area contributed by atoms with Gasteiger partial charge in [0.25, 0.3) is 0 Å². The number of para-hydroxylation sites is 1. The Hall–Kier alpha value is -2.54. The van der Waals surface area contributed by atoms with Gasteiger partial charge >= 0.3 is 5.97 Å². The molecule has 0 amide bonds. The standard InChI is InChI=1S/C16H17NO6/c1-20-15(19)10-22-13-4-2-3-11-12(18)9-14(23-16(11)13)17-5-7-21-8-6-17/h2-4,9H,5-8,10H2,1H3. The van der Waals surface area contributed by atoms with Gasteiger partial charge in [-0.1, -0.05) is 6.07 Å². The average Bonchev–Trinajstić information content (AvgIpc) is 2.60. The van der Waals surface area contributed by atoms with Crippen LogP contribution in [0.1, 0.15) is 0 Å². The summed E-state index contributed by atoms with van der Waals surface area (Å²) in [6.07, 6.45) is 0. The molecule has 122 valence electrons. The first-order chi connectivity index (χ1) is 11.2. The van der Waals surface area contributed by atoms with E-state index < -0.39 is 5.97 Å². The maximum atomic E-state index is 12.3. The summed E-state index contributed by atoms with van der Waals surface area (Å²) in [5, 5.41) is 0.407. The Bertz CT molecular complexity index is 763. The number of benzene rings is 1. The molecule has 1 aliphatic heterocycles. The number of nitrogens with zero attached hydrogens (tertiary/aromatic N) is 1. The van der Waals surface area contributed by atoms with E-state index in [-0.39, 0.29) is 12.0 Å². The van der Waals surface area contributed by atoms with Crippen molar-refractivity contribution in [1.29, 1.82) is 0 Å². The summed E-state index contributed by atoms with van der Waals surface area (Å²) in [5.41, 5.74) is 0.168. The minimum absolute atomic E-state index is 0.156. The molecule has 0 bridgehead atoms. The van der Waals surface area contributed by atoms with E-state index in [4.69, 9.17) is 13.9 Å². The lowest BCUT2D eigenvalue weighted by Crippen LogP contribution is -2.36. The fraction of sp³-hybridized carbons (Fsp3) is 0.375. The van der Waals surface area contributed by atoms with Crippen LogP contribution in [0.4, 0.5) is 5.88 Å². The van der Waals surface area contributed by atoms with Crippen molar-refractivity contribution in [3.63, 3.8) is 0 Å². The van der Waals surface area contributed by atoms with Crippen molar-refractivity contribution in [2.45, 2.75) is 0 Å². The van der Waals surface area contributed by atoms with Gasteiger partial charge in [0, 0.05) is 19.2 Å². The Balaban J connectivity index is 1.98. The number of hydrogen-bond donors (Lipinski definition) is 0. The minimum atomic E-state index is -0.506. The Morgan fingerprint density at radius 2 is 2.09 bits per heavy atom. The molecule has 0 atom stereocenters. The van der Waals surface area contributed by atoms with Crippen LogP contribution in [0.25, 0.3) is 11.0 Å². The predicted octanol–water partition coefficient (Wildman–Crippen LogP) is 1.18. The molecule has 2 heterocycles. The zero-order valence-electron chi connectivity index (χ0n) is 12.7. The number of ether oxygens (including phenoxy) is 3. The van der Waals surface area contributed by atoms with Crippen molar-refractivity contribution < 1.29 is 23.4 Å². The molecule has 3 rings (SSSR count). The van der Waals surface area contributed by atoms with Crippen LogP contribution in [-0.2, 0) is 14.3 Å². The van der Waals surface area contributed by atoms with Crippen molar-refractivity contribution in [2.75, 3.05) is 44.9 Å². The normalized spacial score (nSPS) is 14.7. The third-order valence-corrected chi connectivity index (χ3v) is 3.60. The van der Waals surface area contributed by atoms with Gasteiger partial charge in [-0.25, -0.2) is 4.79 Å². The van der Waals surface area contributed by atoms with Gasteiger partial charge in [0.1, 0.15) is 0 Å². The van der Waals surface area contributed by atoms with Gasteiger partial charge in [-0.3, -0.25) is 4.79 Å². The van der Waals surface area contributed by atoms with E-state index in [2.05, 4.69) is 4.74 Å². The van der Waals surface area contributed by atoms with Crippen molar-refractivity contribution in [3.05, 3.63) is 34.5 Å². The fourth-order valence-electron chi connectivity index (χ4n) is 2.39. The molecule has 1 saturated heterocycles. The number of esters is 1. The molecule has 1 fully saturated rings. The fourth-order valence-corrected chi connectivity index (χ4v) is 2.39. The van der Waals surface area contributed by atoms with E-state index >= 15 is 0 Å². The molecule has 1 aliphatic rings. The Morgan fingerprint density at radius 3 is 2.83 bits per heavy atom. The summed E-state index contributed by atoms with van der Waals surface area (Å²) in [5.74, 6) is 0.300. The second-order valence-electron chi connectivity index (χ2n) is 5.05. The average molecular weight is 319 g/mol. The number of carbonyl (C=O) groups is 1. The summed E-state index contributed by atoms with van der Waals surface area (Å²) >= 11 is 0. The van der Waals surface area contributed by atoms with Crippen LogP contribution in [-0.4, -0.2) is 46.0 Å². The topological polar surface area (TPSA) is 78.2 Å². The number of methoxy groups -OCH3 is 1. The van der Waals surface area contributed by atoms with Gasteiger partial charge in [0.15, 0.2) is 29.3 Å². The smallest absolute Gasteiger partial charge is 0.343 e. The number of fused-ring (bicyclic) bond motifs is 1. The number of morpholine rings is 1. The SMILES string of the molecule is COC(=O)COc1cccc2c(=O)cc(N3CCOCC3)oc12. The molecule has 0 radical (unpaired) electrons. The van der Waals surface area contributed by atoms with Crippen molar-refractivity contribution in [3.8, 4) is 5.75 Å². The van der Waals surface area contributed by atoms with Crippen LogP contribution in [0.3, 0.4) is 0 Å². The maximum absolute atomic E-state index is 12.3. The van der Waals surface area contributed by atoms with Crippen LogP contribution in [0.2, 0.25) is 0 Å². The first-order valence-corrected chi connectivity index (χ1v) is 7.28. The molecule has 7 nitrogen and oxygen atoms in total. The maximum Gasteiger partial charge on any atom is 0.343 e. The van der Waals surface area contributed by atoms with Crippen molar-refractivity contribution in [2.24, 2.45) is 0 Å². The van der Waals surface area contributed by atoms with Gasteiger partial charge < -0.3 is 23.5 Å². The minimum Gasteiger partial charge on any atom is -0.478 e. The summed E-state index contributed by atoms with van der Waals surface area (Å²) in [6, 6.07) is 6.46. The summed E-state index contributed by atoms with van der Waals surface area (Å²) in [6.45, 7) is 2.23. The summed E-state index contributed by atoms with van der Waals surface area (Å²) < 4.78 is 21.1. The largest absolute Gasteiger partial charge is 0.478 e. The van der Waals surface area contributed by atoms with Crippen LogP contribution >= 0.6 is 0 Å². The Morgan fingerprint density at radius 1 is 1.30 bits per heavy atom. The summed E-state index contributed by atoms with van der Waals surface area (Å²) in [7, 11) is 1.28. The predicted molar refractivity (Wildman–Crippen MR) is 83.0 cm³/mol. The van der Waals surface area contributed by atoms with E-state index in [9.17, 15) is 9.59 Å². The Kier molecular flexibility index (Phi) is 4.47. The van der Waals surface area contributed by atoms with Gasteiger partial charge in [-0.05, 0) is 12.1 Å². The lowest BCUT2D eigenvalue weighted by atomic mass is 10.2. The highest BCUT2D eigenvalue weighted by atomic mass is 16.6. The molecular weight excluding hydrogens is 302 g/mol. The number of rotatable bonds is 4. The Labute approximate surface area is 132 Å². The van der Waals surface area contributed by atoms with Crippen LogP contribution in [0.15, 0.2) is 33.5 Å². The van der Waals surface area contributed by atoms with Crippen molar-refractivity contribution >= 4 is 22.8 Å². The second-order valence-corrected chi connectivity index (χ2v) is 5.05. The molecule has 7 heteroatoms. The highest BCUT2D eigenvalue weighted by molar-refractivity contribution is 5.83. The van der Waals surface area contributed by atoms with Gasteiger partial charge in [-0.15, -0.1) is 0 Å². The lowest BCUT2D eigenvalue weighted by molar-refractivity contribution is -0.142. The highest BCUT2D eigenvalue weighted by Gasteiger charge is 2.17. The molecule has 0 unspecified atom stereocenters. The van der Waals surface area contributed by atoms with Gasteiger partial charge in [-0.2, -0.15) is 0 Å². The quantitative estimate of drug-likeness (QED) is 0.783. The number of carbonyl (C=O) groups excluding carboxylic acids is 1. The molecular formula is C16H17NO6. The van der Waals surface area contributed by atoms with Crippen LogP contribution < -0.4 is 15.1 Å². The van der Waals surface area contributed by atoms with Gasteiger partial charge in [0.05, 0.1) is 25.7 Å². The van der Waals surface area contributed by atoms with Crippen molar-refractivity contribution in [1.82, 2.24) is 0 Å². The number of hydrogen-bond acceptors (Lipinski definition) is 7. The molecule has 23 heavy (non-hydrogen) atoms. The van der Waals surface area contributed by atoms with E-state index in [1.807, 2.05) is 4.90 Å². The monoisotopic (exact) mass is 319 g/mol. The number of anilines is 1. The van der Waals surface area contributed by atoms with Gasteiger partial charge in [0.2, 0.25) is 0 Å². The molecule has 0 saturated carbocycles. The van der Waals surface area contributed by atoms with E-state index in [0.717, 1.165) is 0 Å². The molecule has 0 aliphatic carbocycles. The molecule has 0 spiro atoms. The van der Waals surface area contributed by atoms with E-state index in [1.54, 1.807) is 18.2 Å². The molecule has 1 aromatic heterocycles. The third kappa shape index (κ3) is 3.29. The first kappa shape index (κ1) is 15.4. The summed E-state index contributed by atoms with van der Waals surface area (Å²) in [4.78, 5) is 25.5. The lowest BCUT2D eigenvalue weighted by Gasteiger charge is -2.27. The van der Waals surface area contributed by atoms with E-state index in [0.29, 0.717) is 48.9 Å². The van der Waals surface area contributed by atoms with Crippen LogP contribution in [0.5, 0.6) is 5.75 Å². The third-order valence-electron chi connectivity index (χ3n) is 3.60. The zero-order chi connectivity index (χ0) is 16.2. The molecule has 1 aromatic carbocycles. The highest BCUT2D eigenvalue weighted by Crippen LogP contribution is 2.27. The zero-order valence-corrected chi connectivity index (χ0v) is 12.7. The van der Waals surface area contributed by atoms with Crippen LogP contribution in [0, 0.1) is 0 Å². The molecule has 2 aromatic rings. The molecule has 0 N–H and O–H groups in total. The van der Waals surface area contributed by atoms with E-state index in [1.165, 1.54) is 13.2 Å².